The summed E-state index contributed by atoms with van der Waals surface area (Å²) in [6, 6.07) is 12.8. The van der Waals surface area contributed by atoms with E-state index in [0.717, 1.165) is 17.8 Å². The standard InChI is InChI=1S/C17H20ClFN2/c1-4-20-17(15-10-7-13(18)11-16(15)19)12-5-8-14(9-6-12)21(2)3/h5-11,17,20H,4H2,1-3H3. The molecule has 1 unspecified atom stereocenters. The predicted octanol–water partition coefficient (Wildman–Crippen LogP) is 4.24. The van der Waals surface area contributed by atoms with Crippen molar-refractivity contribution < 1.29 is 4.39 Å². The highest BCUT2D eigenvalue weighted by atomic mass is 35.5. The van der Waals surface area contributed by atoms with Crippen molar-refractivity contribution in [3.63, 3.8) is 0 Å². The molecule has 21 heavy (non-hydrogen) atoms. The highest BCUT2D eigenvalue weighted by Crippen LogP contribution is 2.27. The molecule has 2 rings (SSSR count). The van der Waals surface area contributed by atoms with E-state index >= 15 is 0 Å². The van der Waals surface area contributed by atoms with E-state index in [0.29, 0.717) is 10.6 Å². The number of anilines is 1. The summed E-state index contributed by atoms with van der Waals surface area (Å²) in [4.78, 5) is 2.04. The molecule has 0 aliphatic heterocycles. The Morgan fingerprint density at radius 2 is 1.81 bits per heavy atom. The van der Waals surface area contributed by atoms with Gasteiger partial charge >= 0.3 is 0 Å². The first-order valence-electron chi connectivity index (χ1n) is 6.98. The molecule has 0 spiro atoms. The van der Waals surface area contributed by atoms with Crippen LogP contribution in [0, 0.1) is 5.82 Å². The Morgan fingerprint density at radius 1 is 1.14 bits per heavy atom. The topological polar surface area (TPSA) is 15.3 Å². The second-order valence-electron chi connectivity index (χ2n) is 5.14. The van der Waals surface area contributed by atoms with Crippen molar-refractivity contribution >= 4 is 17.3 Å². The van der Waals surface area contributed by atoms with E-state index in [1.807, 2.05) is 50.2 Å². The van der Waals surface area contributed by atoms with Crippen molar-refractivity contribution in [2.24, 2.45) is 0 Å². The first-order valence-corrected chi connectivity index (χ1v) is 7.36. The zero-order valence-corrected chi connectivity index (χ0v) is 13.3. The molecule has 2 nitrogen and oxygen atoms in total. The molecule has 1 atom stereocenters. The van der Waals surface area contributed by atoms with Crippen molar-refractivity contribution in [1.82, 2.24) is 5.32 Å². The van der Waals surface area contributed by atoms with Gasteiger partial charge in [0.2, 0.25) is 0 Å². The molecule has 112 valence electrons. The highest BCUT2D eigenvalue weighted by molar-refractivity contribution is 6.30. The van der Waals surface area contributed by atoms with Gasteiger partial charge in [0.15, 0.2) is 0 Å². The Hall–Kier alpha value is -1.58. The van der Waals surface area contributed by atoms with Crippen molar-refractivity contribution in [2.45, 2.75) is 13.0 Å². The van der Waals surface area contributed by atoms with Gasteiger partial charge in [-0.15, -0.1) is 0 Å². The molecule has 0 fully saturated rings. The Kier molecular flexibility index (Phi) is 5.21. The summed E-state index contributed by atoms with van der Waals surface area (Å²) in [6.45, 7) is 2.76. The maximum atomic E-state index is 14.2. The number of hydrogen-bond donors (Lipinski definition) is 1. The van der Waals surface area contributed by atoms with Crippen LogP contribution in [-0.2, 0) is 0 Å². The molecule has 0 heterocycles. The first kappa shape index (κ1) is 15.8. The predicted molar refractivity (Wildman–Crippen MR) is 87.7 cm³/mol. The van der Waals surface area contributed by atoms with E-state index in [4.69, 9.17) is 11.6 Å². The Morgan fingerprint density at radius 3 is 2.33 bits per heavy atom. The van der Waals surface area contributed by atoms with Crippen LogP contribution < -0.4 is 10.2 Å². The van der Waals surface area contributed by atoms with Crippen LogP contribution in [0.15, 0.2) is 42.5 Å². The minimum atomic E-state index is -0.287. The largest absolute Gasteiger partial charge is 0.378 e. The van der Waals surface area contributed by atoms with E-state index < -0.39 is 0 Å². The molecule has 0 bridgehead atoms. The maximum Gasteiger partial charge on any atom is 0.129 e. The van der Waals surface area contributed by atoms with E-state index in [9.17, 15) is 4.39 Å². The summed E-state index contributed by atoms with van der Waals surface area (Å²) in [5.74, 6) is -0.287. The van der Waals surface area contributed by atoms with Crippen LogP contribution in [0.5, 0.6) is 0 Å². The lowest BCUT2D eigenvalue weighted by atomic mass is 9.98. The second kappa shape index (κ2) is 6.92. The van der Waals surface area contributed by atoms with Crippen molar-refractivity contribution in [1.29, 1.82) is 0 Å². The van der Waals surface area contributed by atoms with Crippen molar-refractivity contribution in [3.05, 3.63) is 64.4 Å². The fraction of sp³-hybridized carbons (Fsp3) is 0.294. The van der Waals surface area contributed by atoms with Gasteiger partial charge < -0.3 is 10.2 Å². The third-order valence-corrected chi connectivity index (χ3v) is 3.66. The third kappa shape index (κ3) is 3.74. The summed E-state index contributed by atoms with van der Waals surface area (Å²) in [5.41, 5.74) is 2.76. The van der Waals surface area contributed by atoms with Gasteiger partial charge in [0.25, 0.3) is 0 Å². The summed E-state index contributed by atoms with van der Waals surface area (Å²) in [5, 5.41) is 3.74. The van der Waals surface area contributed by atoms with Crippen LogP contribution in [-0.4, -0.2) is 20.6 Å². The monoisotopic (exact) mass is 306 g/mol. The summed E-state index contributed by atoms with van der Waals surface area (Å²) in [7, 11) is 3.99. The molecule has 2 aromatic carbocycles. The van der Waals surface area contributed by atoms with E-state index in [1.54, 1.807) is 12.1 Å². The Balaban J connectivity index is 2.38. The molecular formula is C17H20ClFN2. The molecule has 0 radical (unpaired) electrons. The lowest BCUT2D eigenvalue weighted by Gasteiger charge is -2.21. The van der Waals surface area contributed by atoms with Crippen LogP contribution in [0.3, 0.4) is 0 Å². The quantitative estimate of drug-likeness (QED) is 0.888. The number of nitrogens with one attached hydrogen (secondary N) is 1. The summed E-state index contributed by atoms with van der Waals surface area (Å²) in [6.07, 6.45) is 0. The van der Waals surface area contributed by atoms with Crippen molar-refractivity contribution in [3.8, 4) is 0 Å². The van der Waals surface area contributed by atoms with Gasteiger partial charge in [-0.25, -0.2) is 4.39 Å². The zero-order valence-electron chi connectivity index (χ0n) is 12.5. The minimum absolute atomic E-state index is 0.177. The van der Waals surface area contributed by atoms with Gasteiger partial charge in [0, 0.05) is 30.4 Å². The zero-order chi connectivity index (χ0) is 15.4. The average molecular weight is 307 g/mol. The molecule has 4 heteroatoms. The van der Waals surface area contributed by atoms with Crippen LogP contribution in [0.25, 0.3) is 0 Å². The lowest BCUT2D eigenvalue weighted by Crippen LogP contribution is -2.23. The molecular weight excluding hydrogens is 287 g/mol. The van der Waals surface area contributed by atoms with Crippen LogP contribution in [0.1, 0.15) is 24.1 Å². The summed E-state index contributed by atoms with van der Waals surface area (Å²) < 4.78 is 14.2. The number of halogens is 2. The van der Waals surface area contributed by atoms with Gasteiger partial charge in [-0.2, -0.15) is 0 Å². The summed E-state index contributed by atoms with van der Waals surface area (Å²) >= 11 is 5.83. The minimum Gasteiger partial charge on any atom is -0.378 e. The molecule has 2 aromatic rings. The van der Waals surface area contributed by atoms with Crippen LogP contribution >= 0.6 is 11.6 Å². The third-order valence-electron chi connectivity index (χ3n) is 3.42. The number of benzene rings is 2. The van der Waals surface area contributed by atoms with Gasteiger partial charge in [-0.1, -0.05) is 36.7 Å². The molecule has 0 saturated carbocycles. The molecule has 1 N–H and O–H groups in total. The molecule has 0 amide bonds. The fourth-order valence-electron chi connectivity index (χ4n) is 2.31. The molecule has 0 saturated heterocycles. The van der Waals surface area contributed by atoms with E-state index in [-0.39, 0.29) is 11.9 Å². The number of hydrogen-bond acceptors (Lipinski definition) is 2. The normalized spacial score (nSPS) is 12.2. The van der Waals surface area contributed by atoms with Gasteiger partial charge in [0.05, 0.1) is 6.04 Å². The average Bonchev–Trinajstić information content (AvgIpc) is 2.46. The van der Waals surface area contributed by atoms with E-state index in [2.05, 4.69) is 5.32 Å². The second-order valence-corrected chi connectivity index (χ2v) is 5.58. The fourth-order valence-corrected chi connectivity index (χ4v) is 2.47. The Bertz CT molecular complexity index is 596. The van der Waals surface area contributed by atoms with Crippen LogP contribution in [0.4, 0.5) is 10.1 Å². The SMILES string of the molecule is CCNC(c1ccc(N(C)C)cc1)c1ccc(Cl)cc1F. The van der Waals surface area contributed by atoms with Gasteiger partial charge in [0.1, 0.15) is 5.82 Å². The van der Waals surface area contributed by atoms with Gasteiger partial charge in [-0.3, -0.25) is 0 Å². The van der Waals surface area contributed by atoms with E-state index in [1.165, 1.54) is 6.07 Å². The Labute approximate surface area is 130 Å². The lowest BCUT2D eigenvalue weighted by molar-refractivity contribution is 0.559. The molecule has 0 aliphatic rings. The number of nitrogens with zero attached hydrogens (tertiary/aromatic N) is 1. The van der Waals surface area contributed by atoms with Gasteiger partial charge in [-0.05, 0) is 36.4 Å². The molecule has 0 aliphatic carbocycles. The highest BCUT2D eigenvalue weighted by Gasteiger charge is 2.17. The smallest absolute Gasteiger partial charge is 0.129 e. The van der Waals surface area contributed by atoms with Crippen LogP contribution in [0.2, 0.25) is 5.02 Å². The number of rotatable bonds is 5. The first-order chi connectivity index (χ1) is 10.0. The maximum absolute atomic E-state index is 14.2. The molecule has 0 aromatic heterocycles. The van der Waals surface area contributed by atoms with Crippen molar-refractivity contribution in [2.75, 3.05) is 25.5 Å².